The molecule has 0 aliphatic rings. The highest BCUT2D eigenvalue weighted by molar-refractivity contribution is 7.92. The van der Waals surface area contributed by atoms with Gasteiger partial charge < -0.3 is 19.7 Å². The second kappa shape index (κ2) is 16.2. The number of ether oxygens (including phenoxy) is 2. The van der Waals surface area contributed by atoms with Gasteiger partial charge in [0.15, 0.2) is 11.5 Å². The molecule has 0 saturated carbocycles. The average molecular weight is 719 g/mol. The van der Waals surface area contributed by atoms with Crippen molar-refractivity contribution in [3.05, 3.63) is 117 Å². The minimum absolute atomic E-state index is 0.0603. The van der Waals surface area contributed by atoms with Crippen LogP contribution in [0.1, 0.15) is 18.1 Å². The molecule has 47 heavy (non-hydrogen) atoms. The Hall–Kier alpha value is -3.96. The number of rotatable bonds is 14. The maximum atomic E-state index is 14.5. The van der Waals surface area contributed by atoms with Crippen LogP contribution in [-0.2, 0) is 32.6 Å². The van der Waals surface area contributed by atoms with Gasteiger partial charge in [-0.05, 0) is 66.6 Å². The summed E-state index contributed by atoms with van der Waals surface area (Å²) >= 11 is 18.6. The molecule has 0 aromatic heterocycles. The molecule has 0 aliphatic heterocycles. The Morgan fingerprint density at radius 2 is 1.49 bits per heavy atom. The highest BCUT2D eigenvalue weighted by Crippen LogP contribution is 2.33. The van der Waals surface area contributed by atoms with Gasteiger partial charge in [0.05, 0.1) is 34.8 Å². The second-order valence-electron chi connectivity index (χ2n) is 10.4. The topological polar surface area (TPSA) is 105 Å². The first-order valence-electron chi connectivity index (χ1n) is 14.5. The van der Waals surface area contributed by atoms with E-state index in [4.69, 9.17) is 44.3 Å². The normalized spacial score (nSPS) is 11.8. The van der Waals surface area contributed by atoms with E-state index in [9.17, 15) is 18.0 Å². The van der Waals surface area contributed by atoms with Crippen LogP contribution in [0.25, 0.3) is 0 Å². The predicted molar refractivity (Wildman–Crippen MR) is 185 cm³/mol. The van der Waals surface area contributed by atoms with Crippen LogP contribution in [0.3, 0.4) is 0 Å². The summed E-state index contributed by atoms with van der Waals surface area (Å²) < 4.78 is 40.2. The van der Waals surface area contributed by atoms with E-state index < -0.39 is 34.4 Å². The molecule has 0 spiro atoms. The molecule has 9 nitrogen and oxygen atoms in total. The smallest absolute Gasteiger partial charge is 0.264 e. The number of anilines is 1. The lowest BCUT2D eigenvalue weighted by molar-refractivity contribution is -0.140. The van der Waals surface area contributed by atoms with Gasteiger partial charge in [0.2, 0.25) is 11.8 Å². The van der Waals surface area contributed by atoms with Crippen LogP contribution in [0.2, 0.25) is 15.1 Å². The molecule has 248 valence electrons. The van der Waals surface area contributed by atoms with Crippen LogP contribution in [0.5, 0.6) is 11.5 Å². The number of methoxy groups -OCH3 is 2. The molecule has 1 atom stereocenters. The van der Waals surface area contributed by atoms with E-state index in [1.54, 1.807) is 25.1 Å². The number of hydrogen-bond acceptors (Lipinski definition) is 6. The fourth-order valence-electron chi connectivity index (χ4n) is 4.92. The predicted octanol–water partition coefficient (Wildman–Crippen LogP) is 6.64. The Morgan fingerprint density at radius 3 is 2.11 bits per heavy atom. The van der Waals surface area contributed by atoms with Crippen molar-refractivity contribution in [1.82, 2.24) is 10.2 Å². The zero-order valence-corrected chi connectivity index (χ0v) is 29.0. The number of nitrogens with one attached hydrogen (secondary N) is 1. The van der Waals surface area contributed by atoms with Crippen molar-refractivity contribution in [2.45, 2.75) is 30.8 Å². The Kier molecular flexibility index (Phi) is 12.4. The van der Waals surface area contributed by atoms with Crippen molar-refractivity contribution in [2.75, 3.05) is 31.6 Å². The van der Waals surface area contributed by atoms with Gasteiger partial charge in [0.1, 0.15) is 12.6 Å². The van der Waals surface area contributed by atoms with Gasteiger partial charge >= 0.3 is 0 Å². The summed E-state index contributed by atoms with van der Waals surface area (Å²) in [6.45, 7) is 1.39. The van der Waals surface area contributed by atoms with Crippen molar-refractivity contribution >= 4 is 62.3 Å². The Bertz CT molecular complexity index is 1810. The Balaban J connectivity index is 1.83. The second-order valence-corrected chi connectivity index (χ2v) is 13.5. The highest BCUT2D eigenvalue weighted by Gasteiger charge is 2.35. The van der Waals surface area contributed by atoms with E-state index in [0.29, 0.717) is 27.9 Å². The number of carbonyl (C=O) groups is 2. The summed E-state index contributed by atoms with van der Waals surface area (Å²) in [5, 5.41) is 3.80. The largest absolute Gasteiger partial charge is 0.493 e. The molecule has 2 amide bonds. The molecule has 0 fully saturated rings. The first-order chi connectivity index (χ1) is 22.5. The summed E-state index contributed by atoms with van der Waals surface area (Å²) in [5.41, 5.74) is 1.59. The zero-order valence-electron chi connectivity index (χ0n) is 26.0. The molecule has 0 aliphatic carbocycles. The third-order valence-electron chi connectivity index (χ3n) is 7.30. The van der Waals surface area contributed by atoms with Crippen LogP contribution in [0.15, 0.2) is 95.9 Å². The van der Waals surface area contributed by atoms with Crippen LogP contribution < -0.4 is 19.1 Å². The third-order valence-corrected chi connectivity index (χ3v) is 10.1. The molecule has 4 aromatic rings. The van der Waals surface area contributed by atoms with E-state index in [-0.39, 0.29) is 34.3 Å². The van der Waals surface area contributed by atoms with Gasteiger partial charge in [-0.2, -0.15) is 0 Å². The van der Waals surface area contributed by atoms with E-state index in [0.717, 1.165) is 9.87 Å². The molecule has 0 heterocycles. The highest BCUT2D eigenvalue weighted by atomic mass is 35.5. The van der Waals surface area contributed by atoms with Crippen LogP contribution in [-0.4, -0.2) is 58.5 Å². The molecular formula is C34H34Cl3N3O6S. The maximum absolute atomic E-state index is 14.5. The summed E-state index contributed by atoms with van der Waals surface area (Å²) in [4.78, 5) is 29.4. The fraction of sp³-hybridized carbons (Fsp3) is 0.235. The van der Waals surface area contributed by atoms with Gasteiger partial charge in [-0.3, -0.25) is 13.9 Å². The van der Waals surface area contributed by atoms with Gasteiger partial charge in [0.25, 0.3) is 10.0 Å². The standard InChI is InChI=1S/C34H34Cl3N3O6S/c1-4-38-34(42)30(19-23-8-6-5-7-9-23)39(21-24-10-16-28(36)29(37)18-24)33(41)22-40(26-13-11-25(35)12-14-26)47(43,44)27-15-17-31(45-2)32(20-27)46-3/h5-18,20,30H,4,19,21-22H2,1-3H3,(H,38,42)/t30-/m0/s1. The van der Waals surface area contributed by atoms with E-state index in [2.05, 4.69) is 5.32 Å². The summed E-state index contributed by atoms with van der Waals surface area (Å²) in [7, 11) is -1.55. The Labute approximate surface area is 290 Å². The average Bonchev–Trinajstić information content (AvgIpc) is 3.07. The summed E-state index contributed by atoms with van der Waals surface area (Å²) in [6.07, 6.45) is 0.170. The fourth-order valence-corrected chi connectivity index (χ4v) is 6.80. The molecular weight excluding hydrogens is 685 g/mol. The molecule has 0 bridgehead atoms. The number of halogens is 3. The number of likely N-dealkylation sites (N-methyl/N-ethyl adjacent to an activating group) is 1. The Morgan fingerprint density at radius 1 is 0.809 bits per heavy atom. The van der Waals surface area contributed by atoms with Gasteiger partial charge in [-0.15, -0.1) is 0 Å². The minimum atomic E-state index is -4.39. The van der Waals surface area contributed by atoms with E-state index >= 15 is 0 Å². The first-order valence-corrected chi connectivity index (χ1v) is 17.1. The zero-order chi connectivity index (χ0) is 34.1. The van der Waals surface area contributed by atoms with Crippen LogP contribution >= 0.6 is 34.8 Å². The summed E-state index contributed by atoms with van der Waals surface area (Å²) in [5.74, 6) is -0.511. The van der Waals surface area contributed by atoms with Gasteiger partial charge in [-0.1, -0.05) is 71.2 Å². The van der Waals surface area contributed by atoms with E-state index in [1.165, 1.54) is 61.6 Å². The lowest BCUT2D eigenvalue weighted by Crippen LogP contribution is -2.53. The number of carbonyl (C=O) groups excluding carboxylic acids is 2. The van der Waals surface area contributed by atoms with Gasteiger partial charge in [0, 0.05) is 30.6 Å². The van der Waals surface area contributed by atoms with Gasteiger partial charge in [-0.25, -0.2) is 8.42 Å². The molecule has 4 aromatic carbocycles. The minimum Gasteiger partial charge on any atom is -0.493 e. The van der Waals surface area contributed by atoms with Crippen molar-refractivity contribution < 1.29 is 27.5 Å². The lowest BCUT2D eigenvalue weighted by atomic mass is 10.0. The number of sulfonamides is 1. The summed E-state index contributed by atoms with van der Waals surface area (Å²) in [6, 6.07) is 23.4. The maximum Gasteiger partial charge on any atom is 0.264 e. The lowest BCUT2D eigenvalue weighted by Gasteiger charge is -2.34. The molecule has 0 saturated heterocycles. The third kappa shape index (κ3) is 8.90. The molecule has 1 N–H and O–H groups in total. The first kappa shape index (κ1) is 35.9. The number of amides is 2. The van der Waals surface area contributed by atoms with Crippen molar-refractivity contribution in [2.24, 2.45) is 0 Å². The molecule has 13 heteroatoms. The van der Waals surface area contributed by atoms with Crippen molar-refractivity contribution in [3.8, 4) is 11.5 Å². The number of hydrogen-bond donors (Lipinski definition) is 1. The quantitative estimate of drug-likeness (QED) is 0.157. The molecule has 0 unspecified atom stereocenters. The monoisotopic (exact) mass is 717 g/mol. The number of nitrogens with zero attached hydrogens (tertiary/aromatic N) is 2. The van der Waals surface area contributed by atoms with Crippen molar-refractivity contribution in [1.29, 1.82) is 0 Å². The van der Waals surface area contributed by atoms with E-state index in [1.807, 2.05) is 30.3 Å². The van der Waals surface area contributed by atoms with Crippen LogP contribution in [0, 0.1) is 0 Å². The molecule has 4 rings (SSSR count). The van der Waals surface area contributed by atoms with Crippen molar-refractivity contribution in [3.63, 3.8) is 0 Å². The van der Waals surface area contributed by atoms with Crippen LogP contribution in [0.4, 0.5) is 5.69 Å². The number of benzene rings is 4. The molecule has 0 radical (unpaired) electrons. The SMILES string of the molecule is CCNC(=O)[C@H](Cc1ccccc1)N(Cc1ccc(Cl)c(Cl)c1)C(=O)CN(c1ccc(Cl)cc1)S(=O)(=O)c1ccc(OC)c(OC)c1.